The number of likely N-dealkylation sites (tertiary alicyclic amines) is 1. The number of benzene rings is 1. The van der Waals surface area contributed by atoms with E-state index in [0.29, 0.717) is 12.1 Å². The van der Waals surface area contributed by atoms with Gasteiger partial charge in [-0.1, -0.05) is 31.2 Å². The van der Waals surface area contributed by atoms with Crippen molar-refractivity contribution < 1.29 is 0 Å². The molecule has 0 saturated carbocycles. The van der Waals surface area contributed by atoms with Gasteiger partial charge < -0.3 is 4.57 Å². The number of aromatic nitrogens is 2. The first-order valence-electron chi connectivity index (χ1n) is 10.3. The van der Waals surface area contributed by atoms with Crippen molar-refractivity contribution in [1.29, 1.82) is 0 Å². The topological polar surface area (TPSA) is 24.3 Å². The van der Waals surface area contributed by atoms with E-state index >= 15 is 0 Å². The van der Waals surface area contributed by atoms with E-state index in [4.69, 9.17) is 0 Å². The van der Waals surface area contributed by atoms with E-state index < -0.39 is 0 Å². The van der Waals surface area contributed by atoms with Crippen LogP contribution < -0.4 is 0 Å². The van der Waals surface area contributed by atoms with Gasteiger partial charge in [-0.2, -0.15) is 0 Å². The van der Waals surface area contributed by atoms with Crippen molar-refractivity contribution in [3.8, 4) is 0 Å². The molecule has 1 saturated heterocycles. The van der Waals surface area contributed by atoms with Crippen molar-refractivity contribution in [1.82, 2.24) is 19.4 Å². The second-order valence-electron chi connectivity index (χ2n) is 8.07. The number of likely N-dealkylation sites (N-methyl/N-ethyl adjacent to an activating group) is 1. The van der Waals surface area contributed by atoms with Gasteiger partial charge in [-0.05, 0) is 56.8 Å². The summed E-state index contributed by atoms with van der Waals surface area (Å²) in [4.78, 5) is 9.88. The molecule has 1 atom stereocenters. The first-order chi connectivity index (χ1) is 12.7. The van der Waals surface area contributed by atoms with Crippen molar-refractivity contribution in [2.75, 3.05) is 20.1 Å². The van der Waals surface area contributed by atoms with Crippen molar-refractivity contribution in [3.63, 3.8) is 0 Å². The van der Waals surface area contributed by atoms with Crippen LogP contribution >= 0.6 is 0 Å². The normalized spacial score (nSPS) is 21.4. The Hall–Kier alpha value is -1.65. The summed E-state index contributed by atoms with van der Waals surface area (Å²) >= 11 is 0. The maximum Gasteiger partial charge on any atom is 0.122 e. The number of nitrogens with zero attached hydrogens (tertiary/aromatic N) is 4. The Morgan fingerprint density at radius 3 is 2.69 bits per heavy atom. The molecule has 2 heterocycles. The SMILES string of the molecule is CCCn1ccnc1CN(C)[C@H]1CCCN(C2Cc3ccccc3C2)C1. The highest BCUT2D eigenvalue weighted by Crippen LogP contribution is 2.28. The minimum absolute atomic E-state index is 0.638. The number of rotatable bonds is 6. The monoisotopic (exact) mass is 352 g/mol. The number of aryl methyl sites for hydroxylation is 1. The molecule has 4 rings (SSSR count). The molecule has 1 aliphatic heterocycles. The van der Waals surface area contributed by atoms with Crippen LogP contribution in [0, 0.1) is 0 Å². The third-order valence-corrected chi connectivity index (χ3v) is 6.25. The lowest BCUT2D eigenvalue weighted by Crippen LogP contribution is -2.50. The molecule has 1 aromatic heterocycles. The lowest BCUT2D eigenvalue weighted by Gasteiger charge is -2.40. The first kappa shape index (κ1) is 17.7. The fourth-order valence-corrected chi connectivity index (χ4v) is 4.76. The molecule has 0 unspecified atom stereocenters. The number of fused-ring (bicyclic) bond motifs is 1. The van der Waals surface area contributed by atoms with Crippen LogP contribution in [0.1, 0.15) is 43.1 Å². The van der Waals surface area contributed by atoms with E-state index in [1.165, 1.54) is 44.6 Å². The predicted molar refractivity (Wildman–Crippen MR) is 106 cm³/mol. The van der Waals surface area contributed by atoms with Gasteiger partial charge in [0.05, 0.1) is 6.54 Å². The van der Waals surface area contributed by atoms with Gasteiger partial charge in [0, 0.05) is 37.6 Å². The van der Waals surface area contributed by atoms with Gasteiger partial charge in [0.25, 0.3) is 0 Å². The van der Waals surface area contributed by atoms with Crippen LogP contribution in [-0.2, 0) is 25.9 Å². The molecule has 4 heteroatoms. The summed E-state index contributed by atoms with van der Waals surface area (Å²) in [5.41, 5.74) is 3.13. The summed E-state index contributed by atoms with van der Waals surface area (Å²) in [6, 6.07) is 10.3. The van der Waals surface area contributed by atoms with Crippen LogP contribution in [0.15, 0.2) is 36.7 Å². The first-order valence-corrected chi connectivity index (χ1v) is 10.3. The highest BCUT2D eigenvalue weighted by molar-refractivity contribution is 5.33. The Morgan fingerprint density at radius 2 is 1.96 bits per heavy atom. The molecule has 0 spiro atoms. The molecule has 0 bridgehead atoms. The van der Waals surface area contributed by atoms with Crippen LogP contribution in [-0.4, -0.2) is 51.6 Å². The maximum atomic E-state index is 4.60. The van der Waals surface area contributed by atoms with Gasteiger partial charge in [-0.25, -0.2) is 4.98 Å². The van der Waals surface area contributed by atoms with Gasteiger partial charge in [0.15, 0.2) is 0 Å². The van der Waals surface area contributed by atoms with Crippen molar-refractivity contribution >= 4 is 0 Å². The van der Waals surface area contributed by atoms with E-state index in [2.05, 4.69) is 63.8 Å². The molecule has 4 nitrogen and oxygen atoms in total. The number of piperidine rings is 1. The Labute approximate surface area is 157 Å². The zero-order chi connectivity index (χ0) is 17.9. The Morgan fingerprint density at radius 1 is 1.19 bits per heavy atom. The summed E-state index contributed by atoms with van der Waals surface area (Å²) in [6.07, 6.45) is 10.3. The lowest BCUT2D eigenvalue weighted by molar-refractivity contribution is 0.0817. The smallest absolute Gasteiger partial charge is 0.122 e. The zero-order valence-electron chi connectivity index (χ0n) is 16.3. The van der Waals surface area contributed by atoms with Crippen molar-refractivity contribution in [3.05, 3.63) is 53.6 Å². The minimum atomic E-state index is 0.638. The van der Waals surface area contributed by atoms with Gasteiger partial charge in [0.2, 0.25) is 0 Å². The molecular weight excluding hydrogens is 320 g/mol. The Balaban J connectivity index is 1.37. The van der Waals surface area contributed by atoms with Crippen LogP contribution in [0.3, 0.4) is 0 Å². The van der Waals surface area contributed by atoms with E-state index in [1.54, 1.807) is 11.1 Å². The van der Waals surface area contributed by atoms with Gasteiger partial charge in [0.1, 0.15) is 5.82 Å². The van der Waals surface area contributed by atoms with Gasteiger partial charge >= 0.3 is 0 Å². The fourth-order valence-electron chi connectivity index (χ4n) is 4.76. The van der Waals surface area contributed by atoms with Crippen LogP contribution in [0.25, 0.3) is 0 Å². The summed E-state index contributed by atoms with van der Waals surface area (Å²) in [6.45, 7) is 6.71. The molecule has 0 N–H and O–H groups in total. The van der Waals surface area contributed by atoms with E-state index in [1.807, 2.05) is 6.20 Å². The molecule has 140 valence electrons. The second-order valence-corrected chi connectivity index (χ2v) is 8.07. The van der Waals surface area contributed by atoms with E-state index in [0.717, 1.165) is 19.5 Å². The molecule has 1 fully saturated rings. The average Bonchev–Trinajstić information content (AvgIpc) is 3.29. The quantitative estimate of drug-likeness (QED) is 0.797. The Bertz CT molecular complexity index is 697. The predicted octanol–water partition coefficient (Wildman–Crippen LogP) is 3.36. The molecule has 2 aliphatic rings. The van der Waals surface area contributed by atoms with Gasteiger partial charge in [-0.3, -0.25) is 9.80 Å². The number of hydrogen-bond donors (Lipinski definition) is 0. The van der Waals surface area contributed by atoms with Crippen molar-refractivity contribution in [2.24, 2.45) is 0 Å². The molecule has 0 amide bonds. The van der Waals surface area contributed by atoms with E-state index in [-0.39, 0.29) is 0 Å². The highest BCUT2D eigenvalue weighted by Gasteiger charge is 2.31. The zero-order valence-corrected chi connectivity index (χ0v) is 16.3. The largest absolute Gasteiger partial charge is 0.334 e. The summed E-state index contributed by atoms with van der Waals surface area (Å²) in [5, 5.41) is 0. The molecule has 26 heavy (non-hydrogen) atoms. The molecule has 1 aliphatic carbocycles. The highest BCUT2D eigenvalue weighted by atomic mass is 15.2. The second kappa shape index (κ2) is 7.93. The van der Waals surface area contributed by atoms with Crippen LogP contribution in [0.5, 0.6) is 0 Å². The van der Waals surface area contributed by atoms with E-state index in [9.17, 15) is 0 Å². The Kier molecular flexibility index (Phi) is 5.41. The maximum absolute atomic E-state index is 4.60. The number of imidazole rings is 1. The van der Waals surface area contributed by atoms with Crippen LogP contribution in [0.2, 0.25) is 0 Å². The summed E-state index contributed by atoms with van der Waals surface area (Å²) < 4.78 is 2.31. The summed E-state index contributed by atoms with van der Waals surface area (Å²) in [5.74, 6) is 1.21. The molecule has 0 radical (unpaired) electrons. The average molecular weight is 353 g/mol. The number of hydrogen-bond acceptors (Lipinski definition) is 3. The van der Waals surface area contributed by atoms with Gasteiger partial charge in [-0.15, -0.1) is 0 Å². The molecule has 1 aromatic carbocycles. The molecule has 2 aromatic rings. The van der Waals surface area contributed by atoms with Crippen LogP contribution in [0.4, 0.5) is 0 Å². The fraction of sp³-hybridized carbons (Fsp3) is 0.591. The standard InChI is InChI=1S/C22H32N4/c1-3-11-25-13-10-23-22(25)17-24(2)20-9-6-12-26(16-20)21-14-18-7-4-5-8-19(18)15-21/h4-5,7-8,10,13,20-21H,3,6,9,11-12,14-17H2,1-2H3/t20-/m0/s1. The minimum Gasteiger partial charge on any atom is -0.334 e. The third-order valence-electron chi connectivity index (χ3n) is 6.25. The molecular formula is C22H32N4. The third kappa shape index (κ3) is 3.72. The summed E-state index contributed by atoms with van der Waals surface area (Å²) in [7, 11) is 2.28. The lowest BCUT2D eigenvalue weighted by atomic mass is 10.0. The van der Waals surface area contributed by atoms with Crippen molar-refractivity contribution in [2.45, 2.75) is 64.2 Å².